The molecular formula is C28H28ClF2N3O4. The maximum Gasteiger partial charge on any atom is 0.336 e. The number of aryl methyl sites for hydroxylation is 3. The minimum atomic E-state index is -1.05. The summed E-state index contributed by atoms with van der Waals surface area (Å²) in [6, 6.07) is 8.61. The molecule has 2 heterocycles. The Kier molecular flexibility index (Phi) is 8.78. The molecule has 0 aliphatic heterocycles. The Balaban J connectivity index is 1.23. The van der Waals surface area contributed by atoms with Gasteiger partial charge in [0.1, 0.15) is 11.3 Å². The number of fused-ring (bicyclic) bond motifs is 1. The summed E-state index contributed by atoms with van der Waals surface area (Å²) in [6.07, 6.45) is 5.23. The van der Waals surface area contributed by atoms with Crippen LogP contribution in [0.4, 0.5) is 8.78 Å². The number of unbranched alkanes of at least 4 members (excludes halogenated alkanes) is 3. The first-order valence-electron chi connectivity index (χ1n) is 12.3. The van der Waals surface area contributed by atoms with Gasteiger partial charge in [0.05, 0.1) is 22.9 Å². The average Bonchev–Trinajstić information content (AvgIpc) is 3.13. The fourth-order valence-electron chi connectivity index (χ4n) is 4.02. The van der Waals surface area contributed by atoms with Crippen molar-refractivity contribution >= 4 is 28.8 Å². The highest BCUT2D eigenvalue weighted by molar-refractivity contribution is 6.32. The number of aromatic nitrogens is 2. The van der Waals surface area contributed by atoms with Gasteiger partial charge >= 0.3 is 5.63 Å². The van der Waals surface area contributed by atoms with Crippen LogP contribution in [0.5, 0.6) is 17.4 Å². The third-order valence-corrected chi connectivity index (χ3v) is 6.30. The summed E-state index contributed by atoms with van der Waals surface area (Å²) in [6.45, 7) is 4.71. The number of rotatable bonds is 11. The van der Waals surface area contributed by atoms with Gasteiger partial charge in [-0.1, -0.05) is 24.1 Å². The quantitative estimate of drug-likeness (QED) is 0.116. The maximum absolute atomic E-state index is 14.1. The normalized spacial score (nSPS) is 11.5. The zero-order chi connectivity index (χ0) is 27.2. The molecule has 0 radical (unpaired) electrons. The molecule has 0 fully saturated rings. The molecule has 10 heteroatoms. The van der Waals surface area contributed by atoms with Crippen LogP contribution >= 0.6 is 11.6 Å². The second-order valence-electron chi connectivity index (χ2n) is 8.91. The van der Waals surface area contributed by atoms with Crippen molar-refractivity contribution in [2.24, 2.45) is 12.0 Å². The molecule has 0 unspecified atom stereocenters. The zero-order valence-electron chi connectivity index (χ0n) is 21.4. The highest BCUT2D eigenvalue weighted by atomic mass is 35.5. The van der Waals surface area contributed by atoms with Crippen molar-refractivity contribution < 1.29 is 22.7 Å². The largest absolute Gasteiger partial charge is 0.492 e. The van der Waals surface area contributed by atoms with Gasteiger partial charge in [0.2, 0.25) is 11.7 Å². The van der Waals surface area contributed by atoms with E-state index in [2.05, 4.69) is 10.1 Å². The molecule has 4 aromatic rings. The molecule has 0 saturated heterocycles. The molecular weight excluding hydrogens is 516 g/mol. The summed E-state index contributed by atoms with van der Waals surface area (Å²) >= 11 is 6.34. The number of aliphatic imine (C=N–C) groups is 1. The van der Waals surface area contributed by atoms with Crippen LogP contribution in [0.15, 0.2) is 50.6 Å². The molecule has 7 nitrogen and oxygen atoms in total. The van der Waals surface area contributed by atoms with Crippen molar-refractivity contribution in [3.05, 3.63) is 80.3 Å². The van der Waals surface area contributed by atoms with Gasteiger partial charge in [-0.15, -0.1) is 0 Å². The highest BCUT2D eigenvalue weighted by Crippen LogP contribution is 2.31. The molecule has 0 aliphatic rings. The van der Waals surface area contributed by atoms with Crippen molar-refractivity contribution in [1.82, 2.24) is 9.78 Å². The minimum absolute atomic E-state index is 0.213. The zero-order valence-corrected chi connectivity index (χ0v) is 22.1. The van der Waals surface area contributed by atoms with E-state index in [0.717, 1.165) is 42.7 Å². The van der Waals surface area contributed by atoms with Crippen molar-refractivity contribution in [2.75, 3.05) is 13.2 Å². The lowest BCUT2D eigenvalue weighted by molar-refractivity contribution is 0.305. The summed E-state index contributed by atoms with van der Waals surface area (Å²) in [5.74, 6) is -1.47. The minimum Gasteiger partial charge on any atom is -0.492 e. The van der Waals surface area contributed by atoms with Crippen molar-refractivity contribution in [1.29, 1.82) is 0 Å². The highest BCUT2D eigenvalue weighted by Gasteiger charge is 2.17. The monoisotopic (exact) mass is 543 g/mol. The van der Waals surface area contributed by atoms with E-state index < -0.39 is 17.3 Å². The van der Waals surface area contributed by atoms with Crippen LogP contribution in [0.3, 0.4) is 0 Å². The van der Waals surface area contributed by atoms with Crippen LogP contribution in [0, 0.1) is 25.5 Å². The predicted octanol–water partition coefficient (Wildman–Crippen LogP) is 6.93. The maximum atomic E-state index is 14.1. The molecule has 2 aromatic carbocycles. The molecule has 0 bridgehead atoms. The topological polar surface area (TPSA) is 78.8 Å². The first-order chi connectivity index (χ1) is 18.2. The van der Waals surface area contributed by atoms with Gasteiger partial charge in [0, 0.05) is 37.3 Å². The second-order valence-corrected chi connectivity index (χ2v) is 9.31. The van der Waals surface area contributed by atoms with E-state index in [1.165, 1.54) is 22.9 Å². The summed E-state index contributed by atoms with van der Waals surface area (Å²) in [5.41, 5.74) is 2.12. The Labute approximate surface area is 223 Å². The Morgan fingerprint density at radius 3 is 2.71 bits per heavy atom. The molecule has 4 rings (SSSR count). The van der Waals surface area contributed by atoms with Gasteiger partial charge in [0.25, 0.3) is 0 Å². The number of ether oxygens (including phenoxy) is 2. The van der Waals surface area contributed by atoms with Crippen LogP contribution in [0.25, 0.3) is 11.0 Å². The van der Waals surface area contributed by atoms with E-state index in [9.17, 15) is 13.6 Å². The first kappa shape index (κ1) is 27.3. The lowest BCUT2D eigenvalue weighted by Gasteiger charge is -2.09. The number of halogens is 3. The number of benzene rings is 2. The summed E-state index contributed by atoms with van der Waals surface area (Å²) < 4.78 is 45.7. The Morgan fingerprint density at radius 2 is 1.89 bits per heavy atom. The van der Waals surface area contributed by atoms with Crippen LogP contribution in [-0.4, -0.2) is 29.1 Å². The van der Waals surface area contributed by atoms with Crippen LogP contribution in [0.2, 0.25) is 5.02 Å². The number of hydrogen-bond donors (Lipinski definition) is 0. The summed E-state index contributed by atoms with van der Waals surface area (Å²) in [4.78, 5) is 16.1. The third-order valence-electron chi connectivity index (χ3n) is 6.00. The second kappa shape index (κ2) is 12.2. The lowest BCUT2D eigenvalue weighted by Crippen LogP contribution is -2.01. The lowest BCUT2D eigenvalue weighted by atomic mass is 10.1. The standard InChI is InChI=1S/C28H28ClF2N3O4/c1-17-13-26(35)37-24-15-25(21(29)14-19(17)24)36-12-7-5-4-6-11-32-16-20-18(2)33-34(3)28(20)38-23-10-8-9-22(30)27(23)31/h8-10,13-16H,4-7,11-12H2,1-3H3. The molecule has 0 saturated carbocycles. The SMILES string of the molecule is Cc1nn(C)c(Oc2cccc(F)c2F)c1C=NCCCCCCOc1cc2oc(=O)cc(C)c2cc1Cl. The van der Waals surface area contributed by atoms with Gasteiger partial charge in [-0.3, -0.25) is 4.99 Å². The molecule has 38 heavy (non-hydrogen) atoms. The Bertz CT molecular complexity index is 1530. The average molecular weight is 544 g/mol. The third kappa shape index (κ3) is 6.39. The molecule has 0 N–H and O–H groups in total. The van der Waals surface area contributed by atoms with E-state index >= 15 is 0 Å². The van der Waals surface area contributed by atoms with E-state index in [4.69, 9.17) is 25.5 Å². The van der Waals surface area contributed by atoms with E-state index in [1.54, 1.807) is 32.3 Å². The van der Waals surface area contributed by atoms with E-state index in [-0.39, 0.29) is 11.6 Å². The van der Waals surface area contributed by atoms with Crippen LogP contribution in [-0.2, 0) is 7.05 Å². The first-order valence-corrected chi connectivity index (χ1v) is 12.6. The molecule has 0 spiro atoms. The Morgan fingerprint density at radius 1 is 1.11 bits per heavy atom. The molecule has 200 valence electrons. The van der Waals surface area contributed by atoms with Crippen LogP contribution < -0.4 is 15.1 Å². The number of nitrogens with zero attached hydrogens (tertiary/aromatic N) is 3. The smallest absolute Gasteiger partial charge is 0.336 e. The molecule has 0 amide bonds. The van der Waals surface area contributed by atoms with Gasteiger partial charge in [0.15, 0.2) is 11.6 Å². The van der Waals surface area contributed by atoms with E-state index in [0.29, 0.717) is 40.8 Å². The molecule has 2 aromatic heterocycles. The van der Waals surface area contributed by atoms with E-state index in [1.807, 2.05) is 6.92 Å². The fraction of sp³-hybridized carbons (Fsp3) is 0.321. The fourth-order valence-corrected chi connectivity index (χ4v) is 4.24. The predicted molar refractivity (Wildman–Crippen MR) is 143 cm³/mol. The van der Waals surface area contributed by atoms with Gasteiger partial charge in [-0.2, -0.15) is 9.49 Å². The van der Waals surface area contributed by atoms with Crippen molar-refractivity contribution in [3.8, 4) is 17.4 Å². The van der Waals surface area contributed by atoms with Crippen molar-refractivity contribution in [3.63, 3.8) is 0 Å². The molecule has 0 atom stereocenters. The number of hydrogen-bond acceptors (Lipinski definition) is 6. The van der Waals surface area contributed by atoms with Gasteiger partial charge in [-0.25, -0.2) is 13.9 Å². The summed E-state index contributed by atoms with van der Waals surface area (Å²) in [5, 5.41) is 5.56. The Hall–Kier alpha value is -3.72. The molecule has 0 aliphatic carbocycles. The van der Waals surface area contributed by atoms with Crippen molar-refractivity contribution in [2.45, 2.75) is 39.5 Å². The van der Waals surface area contributed by atoms with Gasteiger partial charge in [-0.05, 0) is 56.9 Å². The van der Waals surface area contributed by atoms with Crippen LogP contribution in [0.1, 0.15) is 42.5 Å². The summed E-state index contributed by atoms with van der Waals surface area (Å²) in [7, 11) is 1.67. The van der Waals surface area contributed by atoms with Gasteiger partial charge < -0.3 is 13.9 Å².